The van der Waals surface area contributed by atoms with E-state index in [4.69, 9.17) is 11.6 Å². The lowest BCUT2D eigenvalue weighted by Crippen LogP contribution is -1.96. The van der Waals surface area contributed by atoms with Gasteiger partial charge >= 0.3 is 0 Å². The summed E-state index contributed by atoms with van der Waals surface area (Å²) in [4.78, 5) is 0. The van der Waals surface area contributed by atoms with Crippen LogP contribution in [0.5, 0.6) is 11.5 Å². The van der Waals surface area contributed by atoms with Crippen LogP contribution in [0.2, 0.25) is 5.02 Å². The predicted octanol–water partition coefficient (Wildman–Crippen LogP) is 7.61. The number of halogens is 1. The lowest BCUT2D eigenvalue weighted by molar-refractivity contribution is 0.474. The second kappa shape index (κ2) is 8.40. The quantitative estimate of drug-likeness (QED) is 0.430. The summed E-state index contributed by atoms with van der Waals surface area (Å²) in [7, 11) is 0. The first-order chi connectivity index (χ1) is 13.0. The van der Waals surface area contributed by atoms with Crippen LogP contribution in [0.4, 0.5) is 11.4 Å². The summed E-state index contributed by atoms with van der Waals surface area (Å²) in [6.07, 6.45) is 3.40. The van der Waals surface area contributed by atoms with Crippen molar-refractivity contribution in [1.82, 2.24) is 0 Å². The predicted molar refractivity (Wildman–Crippen MR) is 111 cm³/mol. The van der Waals surface area contributed by atoms with Crippen molar-refractivity contribution in [2.45, 2.75) is 39.0 Å². The second-order valence-corrected chi connectivity index (χ2v) is 7.08. The highest BCUT2D eigenvalue weighted by Gasteiger charge is 2.12. The molecule has 0 amide bonds. The standard InChI is InChI=1S/C22H23ClN2O2/c1-3-5-14(4-2)15-6-9-18-16(12-15)7-10-21(27)22(18)25-24-19-13-17(23)8-11-20(19)26/h6-14,26-27H,3-5H2,1-2H3. The first kappa shape index (κ1) is 19.2. The van der Waals surface area contributed by atoms with Gasteiger partial charge < -0.3 is 10.2 Å². The third-order valence-corrected chi connectivity index (χ3v) is 5.03. The van der Waals surface area contributed by atoms with E-state index in [2.05, 4.69) is 36.2 Å². The molecule has 0 aromatic heterocycles. The van der Waals surface area contributed by atoms with Gasteiger partial charge in [-0.2, -0.15) is 0 Å². The fraction of sp³-hybridized carbons (Fsp3) is 0.273. The molecule has 0 aliphatic carbocycles. The Morgan fingerprint density at radius 1 is 0.926 bits per heavy atom. The van der Waals surface area contributed by atoms with E-state index in [0.717, 1.165) is 30.0 Å². The molecule has 1 atom stereocenters. The van der Waals surface area contributed by atoms with Gasteiger partial charge in [0.2, 0.25) is 0 Å². The normalized spacial score (nSPS) is 12.7. The van der Waals surface area contributed by atoms with Gasteiger partial charge in [-0.1, -0.05) is 56.1 Å². The molecule has 3 aromatic rings. The molecule has 27 heavy (non-hydrogen) atoms. The molecule has 0 fully saturated rings. The molecule has 0 aliphatic rings. The molecule has 0 saturated heterocycles. The van der Waals surface area contributed by atoms with Crippen molar-refractivity contribution in [3.05, 3.63) is 59.1 Å². The number of aromatic hydroxyl groups is 2. The van der Waals surface area contributed by atoms with Crippen LogP contribution >= 0.6 is 11.6 Å². The summed E-state index contributed by atoms with van der Waals surface area (Å²) in [6, 6.07) is 14.3. The number of benzene rings is 3. The highest BCUT2D eigenvalue weighted by molar-refractivity contribution is 6.30. The number of nitrogens with zero attached hydrogens (tertiary/aromatic N) is 2. The summed E-state index contributed by atoms with van der Waals surface area (Å²) in [5, 5.41) is 30.7. The van der Waals surface area contributed by atoms with E-state index in [0.29, 0.717) is 16.6 Å². The molecule has 3 aromatic carbocycles. The van der Waals surface area contributed by atoms with E-state index < -0.39 is 0 Å². The third kappa shape index (κ3) is 4.22. The number of phenols is 2. The maximum atomic E-state index is 10.3. The lowest BCUT2D eigenvalue weighted by Gasteiger charge is -2.15. The minimum atomic E-state index is -0.0180. The Morgan fingerprint density at radius 2 is 1.70 bits per heavy atom. The Balaban J connectivity index is 2.03. The van der Waals surface area contributed by atoms with Crippen molar-refractivity contribution in [2.75, 3.05) is 0 Å². The number of phenolic OH excluding ortho intramolecular Hbond substituents is 2. The Morgan fingerprint density at radius 3 is 2.44 bits per heavy atom. The molecule has 0 spiro atoms. The topological polar surface area (TPSA) is 65.2 Å². The van der Waals surface area contributed by atoms with Crippen LogP contribution in [0.1, 0.15) is 44.6 Å². The summed E-state index contributed by atoms with van der Waals surface area (Å²) in [5.74, 6) is 0.554. The van der Waals surface area contributed by atoms with Crippen molar-refractivity contribution < 1.29 is 10.2 Å². The van der Waals surface area contributed by atoms with Crippen LogP contribution in [-0.4, -0.2) is 10.2 Å². The zero-order valence-electron chi connectivity index (χ0n) is 15.5. The monoisotopic (exact) mass is 382 g/mol. The molecule has 0 bridgehead atoms. The SMILES string of the molecule is CCCC(CC)c1ccc2c(N=Nc3cc(Cl)ccc3O)c(O)ccc2c1. The maximum absolute atomic E-state index is 10.3. The number of rotatable bonds is 6. The van der Waals surface area contributed by atoms with Gasteiger partial charge in [0.1, 0.15) is 22.9 Å². The van der Waals surface area contributed by atoms with Gasteiger partial charge in [0.05, 0.1) is 0 Å². The van der Waals surface area contributed by atoms with Crippen molar-refractivity contribution in [2.24, 2.45) is 10.2 Å². The van der Waals surface area contributed by atoms with Gasteiger partial charge in [0.15, 0.2) is 0 Å². The highest BCUT2D eigenvalue weighted by Crippen LogP contribution is 2.39. The minimum absolute atomic E-state index is 0.0180. The van der Waals surface area contributed by atoms with Crippen molar-refractivity contribution >= 4 is 33.7 Å². The summed E-state index contributed by atoms with van der Waals surface area (Å²) in [6.45, 7) is 4.41. The summed E-state index contributed by atoms with van der Waals surface area (Å²) >= 11 is 5.95. The molecule has 140 valence electrons. The van der Waals surface area contributed by atoms with E-state index in [1.54, 1.807) is 12.1 Å². The molecule has 4 nitrogen and oxygen atoms in total. The van der Waals surface area contributed by atoms with Gasteiger partial charge in [-0.15, -0.1) is 10.2 Å². The second-order valence-electron chi connectivity index (χ2n) is 6.64. The largest absolute Gasteiger partial charge is 0.506 e. The van der Waals surface area contributed by atoms with Crippen molar-refractivity contribution in [3.8, 4) is 11.5 Å². The van der Waals surface area contributed by atoms with E-state index in [1.807, 2.05) is 12.1 Å². The van der Waals surface area contributed by atoms with Crippen LogP contribution in [-0.2, 0) is 0 Å². The molecule has 5 heteroatoms. The van der Waals surface area contributed by atoms with Gasteiger partial charge in [-0.3, -0.25) is 0 Å². The van der Waals surface area contributed by atoms with Crippen LogP contribution in [0.3, 0.4) is 0 Å². The molecule has 0 saturated carbocycles. The molecule has 0 radical (unpaired) electrons. The van der Waals surface area contributed by atoms with E-state index in [9.17, 15) is 10.2 Å². The summed E-state index contributed by atoms with van der Waals surface area (Å²) < 4.78 is 0. The van der Waals surface area contributed by atoms with E-state index >= 15 is 0 Å². The van der Waals surface area contributed by atoms with Gasteiger partial charge in [-0.25, -0.2) is 0 Å². The van der Waals surface area contributed by atoms with Crippen molar-refractivity contribution in [1.29, 1.82) is 0 Å². The van der Waals surface area contributed by atoms with Crippen LogP contribution in [0.25, 0.3) is 10.8 Å². The average Bonchev–Trinajstić information content (AvgIpc) is 2.67. The zero-order valence-corrected chi connectivity index (χ0v) is 16.2. The Hall–Kier alpha value is -2.59. The molecule has 3 rings (SSSR count). The Bertz CT molecular complexity index is 985. The molecular weight excluding hydrogens is 360 g/mol. The maximum Gasteiger partial charge on any atom is 0.143 e. The molecular formula is C22H23ClN2O2. The van der Waals surface area contributed by atoms with Crippen LogP contribution in [0, 0.1) is 0 Å². The van der Waals surface area contributed by atoms with E-state index in [1.165, 1.54) is 17.7 Å². The molecule has 2 N–H and O–H groups in total. The van der Waals surface area contributed by atoms with Gasteiger partial charge in [-0.05, 0) is 54.0 Å². The lowest BCUT2D eigenvalue weighted by atomic mass is 9.90. The number of azo groups is 1. The number of hydrogen-bond acceptors (Lipinski definition) is 4. The fourth-order valence-electron chi connectivity index (χ4n) is 3.31. The minimum Gasteiger partial charge on any atom is -0.506 e. The fourth-order valence-corrected chi connectivity index (χ4v) is 3.48. The van der Waals surface area contributed by atoms with Gasteiger partial charge in [0, 0.05) is 10.4 Å². The zero-order chi connectivity index (χ0) is 19.4. The van der Waals surface area contributed by atoms with Gasteiger partial charge in [0.25, 0.3) is 0 Å². The van der Waals surface area contributed by atoms with Crippen LogP contribution < -0.4 is 0 Å². The third-order valence-electron chi connectivity index (χ3n) is 4.79. The first-order valence-corrected chi connectivity index (χ1v) is 9.57. The molecule has 0 heterocycles. The average molecular weight is 383 g/mol. The highest BCUT2D eigenvalue weighted by atomic mass is 35.5. The van der Waals surface area contributed by atoms with Crippen molar-refractivity contribution in [3.63, 3.8) is 0 Å². The van der Waals surface area contributed by atoms with E-state index in [-0.39, 0.29) is 17.2 Å². The Kier molecular flexibility index (Phi) is 5.97. The number of fused-ring (bicyclic) bond motifs is 1. The number of hydrogen-bond donors (Lipinski definition) is 2. The molecule has 1 unspecified atom stereocenters. The first-order valence-electron chi connectivity index (χ1n) is 9.19. The summed E-state index contributed by atoms with van der Waals surface area (Å²) in [5.41, 5.74) is 1.93. The van der Waals surface area contributed by atoms with Crippen LogP contribution in [0.15, 0.2) is 58.8 Å². The molecule has 0 aliphatic heterocycles. The smallest absolute Gasteiger partial charge is 0.143 e. The Labute approximate surface area is 164 Å².